The third-order valence-electron chi connectivity index (χ3n) is 3.84. The highest BCUT2D eigenvalue weighted by atomic mass is 35.5. The first-order valence-corrected chi connectivity index (χ1v) is 6.74. The summed E-state index contributed by atoms with van der Waals surface area (Å²) in [6.45, 7) is 2.74. The topological polar surface area (TPSA) is 38.7 Å². The molecule has 0 bridgehead atoms. The minimum atomic E-state index is -0.502. The molecule has 0 radical (unpaired) electrons. The van der Waals surface area contributed by atoms with E-state index in [1.165, 1.54) is 0 Å². The van der Waals surface area contributed by atoms with Crippen LogP contribution in [0, 0.1) is 0 Å². The van der Waals surface area contributed by atoms with Crippen molar-refractivity contribution >= 4 is 11.6 Å². The quantitative estimate of drug-likeness (QED) is 0.786. The first-order chi connectivity index (χ1) is 8.58. The van der Waals surface area contributed by atoms with E-state index in [1.54, 1.807) is 12.1 Å². The summed E-state index contributed by atoms with van der Waals surface area (Å²) >= 11 is 5.96. The molecule has 1 aromatic rings. The number of aliphatic hydroxyl groups excluding tert-OH is 1. The molecule has 1 N–H and O–H groups in total. The summed E-state index contributed by atoms with van der Waals surface area (Å²) in [5.74, 6) is 0.757. The molecule has 18 heavy (non-hydrogen) atoms. The normalized spacial score (nSPS) is 35.1. The minimum absolute atomic E-state index is 0.180. The molecule has 2 aliphatic rings. The minimum Gasteiger partial charge on any atom is -0.487 e. The van der Waals surface area contributed by atoms with Crippen molar-refractivity contribution in [2.45, 2.75) is 44.0 Å². The van der Waals surface area contributed by atoms with Gasteiger partial charge in [0.2, 0.25) is 0 Å². The van der Waals surface area contributed by atoms with Gasteiger partial charge < -0.3 is 14.6 Å². The number of fused-ring (bicyclic) bond motifs is 1. The van der Waals surface area contributed by atoms with Crippen LogP contribution in [-0.4, -0.2) is 23.4 Å². The summed E-state index contributed by atoms with van der Waals surface area (Å²) in [6, 6.07) is 5.44. The van der Waals surface area contributed by atoms with E-state index in [0.29, 0.717) is 18.1 Å². The summed E-state index contributed by atoms with van der Waals surface area (Å²) in [6.07, 6.45) is 1.95. The highest BCUT2D eigenvalue weighted by Gasteiger charge is 2.43. The second-order valence-corrected chi connectivity index (χ2v) is 5.76. The van der Waals surface area contributed by atoms with Crippen LogP contribution in [0.2, 0.25) is 5.02 Å². The largest absolute Gasteiger partial charge is 0.487 e. The first kappa shape index (κ1) is 12.3. The highest BCUT2D eigenvalue weighted by molar-refractivity contribution is 6.30. The number of rotatable bonds is 0. The van der Waals surface area contributed by atoms with Crippen LogP contribution >= 0.6 is 11.6 Å². The van der Waals surface area contributed by atoms with Crippen molar-refractivity contribution in [1.29, 1.82) is 0 Å². The second-order valence-electron chi connectivity index (χ2n) is 5.32. The zero-order valence-corrected chi connectivity index (χ0v) is 11.1. The van der Waals surface area contributed by atoms with Gasteiger partial charge in [-0.15, -0.1) is 0 Å². The third-order valence-corrected chi connectivity index (χ3v) is 4.08. The summed E-state index contributed by atoms with van der Waals surface area (Å²) < 4.78 is 11.7. The maximum absolute atomic E-state index is 10.3. The summed E-state index contributed by atoms with van der Waals surface area (Å²) in [4.78, 5) is 0. The van der Waals surface area contributed by atoms with Crippen molar-refractivity contribution in [2.24, 2.45) is 0 Å². The number of ether oxygens (including phenoxy) is 2. The fourth-order valence-corrected chi connectivity index (χ4v) is 3.20. The Hall–Kier alpha value is -0.770. The SMILES string of the molecule is CC1CC2(CCO1)CC(O)c1cc(Cl)ccc1O2. The van der Waals surface area contributed by atoms with Crippen molar-refractivity contribution in [3.8, 4) is 5.75 Å². The van der Waals surface area contributed by atoms with Crippen LogP contribution in [0.1, 0.15) is 37.9 Å². The Labute approximate surface area is 112 Å². The van der Waals surface area contributed by atoms with E-state index in [0.717, 1.165) is 24.2 Å². The zero-order chi connectivity index (χ0) is 12.8. The zero-order valence-electron chi connectivity index (χ0n) is 10.4. The van der Waals surface area contributed by atoms with Crippen LogP contribution in [0.4, 0.5) is 0 Å². The fourth-order valence-electron chi connectivity index (χ4n) is 3.02. The Morgan fingerprint density at radius 1 is 1.39 bits per heavy atom. The van der Waals surface area contributed by atoms with Crippen molar-refractivity contribution < 1.29 is 14.6 Å². The van der Waals surface area contributed by atoms with Gasteiger partial charge in [0.1, 0.15) is 11.4 Å². The molecule has 1 saturated heterocycles. The summed E-state index contributed by atoms with van der Waals surface area (Å²) in [5, 5.41) is 10.9. The van der Waals surface area contributed by atoms with E-state index >= 15 is 0 Å². The van der Waals surface area contributed by atoms with E-state index in [1.807, 2.05) is 13.0 Å². The average Bonchev–Trinajstić information content (AvgIpc) is 2.30. The van der Waals surface area contributed by atoms with Gasteiger partial charge in [-0.2, -0.15) is 0 Å². The van der Waals surface area contributed by atoms with Crippen LogP contribution in [0.3, 0.4) is 0 Å². The average molecular weight is 269 g/mol. The van der Waals surface area contributed by atoms with Gasteiger partial charge in [-0.1, -0.05) is 11.6 Å². The third kappa shape index (κ3) is 2.11. The van der Waals surface area contributed by atoms with Crippen molar-refractivity contribution in [2.75, 3.05) is 6.61 Å². The van der Waals surface area contributed by atoms with E-state index in [-0.39, 0.29) is 11.7 Å². The number of aliphatic hydroxyl groups is 1. The summed E-state index contributed by atoms with van der Waals surface area (Å²) in [5.41, 5.74) is 0.519. The molecule has 0 aromatic heterocycles. The molecule has 0 amide bonds. The lowest BCUT2D eigenvalue weighted by atomic mass is 9.81. The molecule has 3 nitrogen and oxygen atoms in total. The van der Waals surface area contributed by atoms with Crippen LogP contribution in [0.5, 0.6) is 5.75 Å². The Kier molecular flexibility index (Phi) is 3.00. The molecular formula is C14H17ClO3. The maximum atomic E-state index is 10.3. The summed E-state index contributed by atoms with van der Waals surface area (Å²) in [7, 11) is 0. The monoisotopic (exact) mass is 268 g/mol. The number of benzene rings is 1. The molecular weight excluding hydrogens is 252 g/mol. The lowest BCUT2D eigenvalue weighted by molar-refractivity contribution is -0.111. The van der Waals surface area contributed by atoms with Gasteiger partial charge in [0, 0.05) is 29.8 Å². The van der Waals surface area contributed by atoms with E-state index in [9.17, 15) is 5.11 Å². The van der Waals surface area contributed by atoms with Gasteiger partial charge in [-0.05, 0) is 25.1 Å². The molecule has 0 saturated carbocycles. The number of hydrogen-bond acceptors (Lipinski definition) is 3. The molecule has 2 aliphatic heterocycles. The van der Waals surface area contributed by atoms with Crippen molar-refractivity contribution in [3.63, 3.8) is 0 Å². The Morgan fingerprint density at radius 3 is 3.00 bits per heavy atom. The van der Waals surface area contributed by atoms with Gasteiger partial charge >= 0.3 is 0 Å². The molecule has 1 fully saturated rings. The molecule has 3 atom stereocenters. The predicted octanol–water partition coefficient (Wildman–Crippen LogP) is 3.09. The van der Waals surface area contributed by atoms with Gasteiger partial charge in [0.05, 0.1) is 18.8 Å². The van der Waals surface area contributed by atoms with Gasteiger partial charge in [-0.3, -0.25) is 0 Å². The van der Waals surface area contributed by atoms with Crippen molar-refractivity contribution in [3.05, 3.63) is 28.8 Å². The molecule has 1 spiro atoms. The van der Waals surface area contributed by atoms with E-state index in [4.69, 9.17) is 21.1 Å². The van der Waals surface area contributed by atoms with E-state index in [2.05, 4.69) is 0 Å². The lowest BCUT2D eigenvalue weighted by Gasteiger charge is -2.44. The standard InChI is InChI=1S/C14H17ClO3/c1-9-7-14(4-5-17-9)8-12(16)11-6-10(15)2-3-13(11)18-14/h2-3,6,9,12,16H,4-5,7-8H2,1H3. The van der Waals surface area contributed by atoms with Crippen LogP contribution < -0.4 is 4.74 Å². The van der Waals surface area contributed by atoms with Gasteiger partial charge in [-0.25, -0.2) is 0 Å². The van der Waals surface area contributed by atoms with Crippen molar-refractivity contribution in [1.82, 2.24) is 0 Å². The molecule has 0 aliphatic carbocycles. The Morgan fingerprint density at radius 2 is 2.22 bits per heavy atom. The number of halogens is 1. The van der Waals surface area contributed by atoms with Crippen LogP contribution in [0.25, 0.3) is 0 Å². The van der Waals surface area contributed by atoms with Gasteiger partial charge in [0.15, 0.2) is 0 Å². The molecule has 2 heterocycles. The lowest BCUT2D eigenvalue weighted by Crippen LogP contribution is -2.47. The van der Waals surface area contributed by atoms with E-state index < -0.39 is 6.10 Å². The molecule has 3 unspecified atom stereocenters. The molecule has 4 heteroatoms. The predicted molar refractivity (Wildman–Crippen MR) is 69.0 cm³/mol. The second kappa shape index (κ2) is 4.41. The molecule has 3 rings (SSSR count). The molecule has 98 valence electrons. The number of hydrogen-bond donors (Lipinski definition) is 1. The van der Waals surface area contributed by atoms with Crippen LogP contribution in [-0.2, 0) is 4.74 Å². The first-order valence-electron chi connectivity index (χ1n) is 6.36. The Bertz CT molecular complexity index is 462. The highest BCUT2D eigenvalue weighted by Crippen LogP contribution is 2.45. The maximum Gasteiger partial charge on any atom is 0.126 e. The fraction of sp³-hybridized carbons (Fsp3) is 0.571. The smallest absolute Gasteiger partial charge is 0.126 e. The van der Waals surface area contributed by atoms with Gasteiger partial charge in [0.25, 0.3) is 0 Å². The Balaban J connectivity index is 1.93. The molecule has 1 aromatic carbocycles. The van der Waals surface area contributed by atoms with Crippen LogP contribution in [0.15, 0.2) is 18.2 Å².